The molecule has 5 aliphatic rings. The fraction of sp³-hybridized carbons (Fsp3) is 0.500. The lowest BCUT2D eigenvalue weighted by atomic mass is 9.48. The normalized spacial score (nSPS) is 29.5. The first-order valence-corrected chi connectivity index (χ1v) is 14.5. The Balaban J connectivity index is 0.00000124. The third-order valence-electron chi connectivity index (χ3n) is 9.74. The van der Waals surface area contributed by atoms with Crippen LogP contribution in [0.1, 0.15) is 68.5 Å². The second-order valence-electron chi connectivity index (χ2n) is 11.7. The number of ether oxygens (including phenoxy) is 2. The smallest absolute Gasteiger partial charge is 0.221 e. The molecule has 1 saturated carbocycles. The van der Waals surface area contributed by atoms with E-state index in [-0.39, 0.29) is 11.9 Å². The van der Waals surface area contributed by atoms with E-state index in [4.69, 9.17) is 14.5 Å². The van der Waals surface area contributed by atoms with Gasteiger partial charge in [-0.05, 0) is 55.8 Å². The molecule has 1 amide bonds. The van der Waals surface area contributed by atoms with Crippen LogP contribution >= 0.6 is 0 Å². The molecule has 2 unspecified atom stereocenters. The molecular weight excluding hydrogens is 490 g/mol. The van der Waals surface area contributed by atoms with Crippen molar-refractivity contribution >= 4 is 22.5 Å². The standard InChI is InChI=1S/C30H31N3O4.C2H6/c1-16(34)31-25-19-5-3-4-6-21(19)32-26-20(25)14-30(35)23-13-18-9-10-22(36-2)27-24(18)29(30,28(26)37-27)11-12-33(23)15-17-7-8-17;1-2/h3-6,9-10,17,23,28,35H,7-8,11-15H2,1-2H3,(H,31,32,34);1-2H3/t23-,28?,29+,30?;/m1./s1. The summed E-state index contributed by atoms with van der Waals surface area (Å²) in [5.41, 5.74) is 3.99. The third-order valence-corrected chi connectivity index (χ3v) is 9.74. The molecule has 2 N–H and O–H groups in total. The molecule has 3 aliphatic carbocycles. The maximum absolute atomic E-state index is 13.1. The molecule has 7 heteroatoms. The Morgan fingerprint density at radius 2 is 2.03 bits per heavy atom. The predicted molar refractivity (Wildman–Crippen MR) is 150 cm³/mol. The van der Waals surface area contributed by atoms with Crippen LogP contribution in [-0.4, -0.2) is 52.7 Å². The first kappa shape index (κ1) is 24.9. The lowest BCUT2D eigenvalue weighted by Gasteiger charge is -2.63. The van der Waals surface area contributed by atoms with Crippen LogP contribution in [0.15, 0.2) is 36.4 Å². The number of hydrogen-bond donors (Lipinski definition) is 2. The fourth-order valence-electron chi connectivity index (χ4n) is 8.06. The summed E-state index contributed by atoms with van der Waals surface area (Å²) in [5.74, 6) is 2.05. The van der Waals surface area contributed by atoms with Crippen LogP contribution < -0.4 is 14.8 Å². The summed E-state index contributed by atoms with van der Waals surface area (Å²) in [6.07, 6.45) is 4.11. The van der Waals surface area contributed by atoms with E-state index in [9.17, 15) is 9.90 Å². The number of carbonyl (C=O) groups excluding carboxylic acids is 1. The van der Waals surface area contributed by atoms with Gasteiger partial charge in [0.2, 0.25) is 5.91 Å². The number of likely N-dealkylation sites (tertiary alicyclic amines) is 1. The van der Waals surface area contributed by atoms with Gasteiger partial charge in [-0.3, -0.25) is 9.69 Å². The van der Waals surface area contributed by atoms with Gasteiger partial charge in [0.05, 0.1) is 35.0 Å². The van der Waals surface area contributed by atoms with Crippen LogP contribution in [0.2, 0.25) is 0 Å². The average molecular weight is 528 g/mol. The van der Waals surface area contributed by atoms with Crippen LogP contribution in [0.25, 0.3) is 10.9 Å². The van der Waals surface area contributed by atoms with Crippen molar-refractivity contribution in [2.75, 3.05) is 25.5 Å². The van der Waals surface area contributed by atoms with Crippen molar-refractivity contribution in [3.05, 3.63) is 58.8 Å². The highest BCUT2D eigenvalue weighted by Gasteiger charge is 2.73. The van der Waals surface area contributed by atoms with Crippen molar-refractivity contribution in [3.63, 3.8) is 0 Å². The number of fused-ring (bicyclic) bond motifs is 3. The minimum absolute atomic E-state index is 0.0235. The number of aromatic nitrogens is 1. The van der Waals surface area contributed by atoms with E-state index in [1.807, 2.05) is 44.2 Å². The largest absolute Gasteiger partial charge is 0.493 e. The zero-order chi connectivity index (χ0) is 27.1. The van der Waals surface area contributed by atoms with Crippen molar-refractivity contribution in [1.29, 1.82) is 0 Å². The molecule has 2 aliphatic heterocycles. The van der Waals surface area contributed by atoms with E-state index in [2.05, 4.69) is 16.3 Å². The van der Waals surface area contributed by atoms with Gasteiger partial charge in [0.1, 0.15) is 0 Å². The summed E-state index contributed by atoms with van der Waals surface area (Å²) in [6.45, 7) is 7.50. The van der Waals surface area contributed by atoms with Crippen LogP contribution in [-0.2, 0) is 23.1 Å². The first-order valence-electron chi connectivity index (χ1n) is 14.5. The summed E-state index contributed by atoms with van der Waals surface area (Å²) >= 11 is 0. The summed E-state index contributed by atoms with van der Waals surface area (Å²) < 4.78 is 12.6. The Morgan fingerprint density at radius 1 is 1.23 bits per heavy atom. The number of aliphatic hydroxyl groups is 1. The molecule has 204 valence electrons. The molecule has 4 atom stereocenters. The molecule has 39 heavy (non-hydrogen) atoms. The molecule has 1 aromatic heterocycles. The van der Waals surface area contributed by atoms with Crippen LogP contribution in [0.4, 0.5) is 5.69 Å². The van der Waals surface area contributed by atoms with Gasteiger partial charge in [0.15, 0.2) is 17.6 Å². The van der Waals surface area contributed by atoms with E-state index < -0.39 is 17.1 Å². The summed E-state index contributed by atoms with van der Waals surface area (Å²) in [4.78, 5) is 20.1. The Hall–Kier alpha value is -3.16. The van der Waals surface area contributed by atoms with Crippen molar-refractivity contribution < 1.29 is 19.4 Å². The minimum atomic E-state index is -1.06. The van der Waals surface area contributed by atoms with Gasteiger partial charge in [-0.1, -0.05) is 38.1 Å². The zero-order valence-electron chi connectivity index (χ0n) is 23.2. The Labute approximate surface area is 229 Å². The van der Waals surface area contributed by atoms with Gasteiger partial charge >= 0.3 is 0 Å². The molecule has 1 saturated heterocycles. The SMILES string of the molecule is CC.COc1ccc2c3c1OC1c4nc5ccccc5c(NC(C)=O)c4CC4(O)[C@@H](C2)N(CC2CC2)CC[C@]314. The van der Waals surface area contributed by atoms with E-state index in [0.717, 1.165) is 71.0 Å². The van der Waals surface area contributed by atoms with Gasteiger partial charge in [0.25, 0.3) is 0 Å². The number of methoxy groups -OCH3 is 1. The highest BCUT2D eigenvalue weighted by atomic mass is 16.5. The quantitative estimate of drug-likeness (QED) is 0.501. The van der Waals surface area contributed by atoms with Crippen LogP contribution in [0.3, 0.4) is 0 Å². The monoisotopic (exact) mass is 527 g/mol. The van der Waals surface area contributed by atoms with Crippen LogP contribution in [0.5, 0.6) is 11.5 Å². The zero-order valence-corrected chi connectivity index (χ0v) is 23.2. The van der Waals surface area contributed by atoms with Gasteiger partial charge in [-0.2, -0.15) is 0 Å². The number of pyridine rings is 1. The van der Waals surface area contributed by atoms with E-state index >= 15 is 0 Å². The first-order chi connectivity index (χ1) is 18.9. The molecule has 3 heterocycles. The number of rotatable bonds is 4. The number of amides is 1. The summed E-state index contributed by atoms with van der Waals surface area (Å²) in [6, 6.07) is 12.1. The number of anilines is 1. The summed E-state index contributed by atoms with van der Waals surface area (Å²) in [5, 5.41) is 17.1. The van der Waals surface area contributed by atoms with Gasteiger partial charge < -0.3 is 19.9 Å². The van der Waals surface area contributed by atoms with E-state index in [1.165, 1.54) is 25.3 Å². The number of nitrogens with one attached hydrogen (secondary N) is 1. The van der Waals surface area contributed by atoms with Crippen molar-refractivity contribution in [1.82, 2.24) is 9.88 Å². The Bertz CT molecular complexity index is 1500. The fourth-order valence-corrected chi connectivity index (χ4v) is 8.06. The van der Waals surface area contributed by atoms with Crippen LogP contribution in [0, 0.1) is 5.92 Å². The molecule has 0 radical (unpaired) electrons. The molecule has 3 aromatic rings. The molecule has 2 fully saturated rings. The van der Waals surface area contributed by atoms with Gasteiger partial charge in [-0.25, -0.2) is 4.98 Å². The molecule has 7 nitrogen and oxygen atoms in total. The number of carbonyl (C=O) groups is 1. The second-order valence-corrected chi connectivity index (χ2v) is 11.7. The number of hydrogen-bond acceptors (Lipinski definition) is 6. The van der Waals surface area contributed by atoms with Gasteiger partial charge in [-0.15, -0.1) is 0 Å². The van der Waals surface area contributed by atoms with Crippen molar-refractivity contribution in [2.45, 2.75) is 76.0 Å². The highest BCUT2D eigenvalue weighted by Crippen LogP contribution is 2.69. The third kappa shape index (κ3) is 3.23. The number of para-hydroxylation sites is 1. The predicted octanol–water partition coefficient (Wildman–Crippen LogP) is 4.93. The lowest BCUT2D eigenvalue weighted by Crippen LogP contribution is -2.74. The number of piperidine rings is 1. The van der Waals surface area contributed by atoms with Gasteiger partial charge in [0, 0.05) is 42.4 Å². The van der Waals surface area contributed by atoms with E-state index in [0.29, 0.717) is 12.2 Å². The maximum atomic E-state index is 13.1. The topological polar surface area (TPSA) is 83.9 Å². The second kappa shape index (κ2) is 8.67. The Morgan fingerprint density at radius 3 is 2.77 bits per heavy atom. The van der Waals surface area contributed by atoms with Crippen molar-refractivity contribution in [2.24, 2.45) is 5.92 Å². The average Bonchev–Trinajstić information content (AvgIpc) is 3.68. The van der Waals surface area contributed by atoms with Crippen molar-refractivity contribution in [3.8, 4) is 11.5 Å². The number of nitrogens with zero attached hydrogens (tertiary/aromatic N) is 2. The number of benzene rings is 2. The highest BCUT2D eigenvalue weighted by molar-refractivity contribution is 6.02. The molecule has 8 rings (SSSR count). The molecule has 1 spiro atoms. The van der Waals surface area contributed by atoms with E-state index in [1.54, 1.807) is 7.11 Å². The molecule has 2 aromatic carbocycles. The Kier molecular flexibility index (Phi) is 5.52. The minimum Gasteiger partial charge on any atom is -0.493 e. The molecule has 2 bridgehead atoms. The summed E-state index contributed by atoms with van der Waals surface area (Å²) in [7, 11) is 1.67. The maximum Gasteiger partial charge on any atom is 0.221 e. The lowest BCUT2D eigenvalue weighted by molar-refractivity contribution is -0.173. The molecular formula is C32H37N3O4.